The monoisotopic (exact) mass is 240 g/mol. The summed E-state index contributed by atoms with van der Waals surface area (Å²) in [5.74, 6) is 1.34. The second kappa shape index (κ2) is 5.85. The van der Waals surface area contributed by atoms with Crippen LogP contribution in [0.25, 0.3) is 0 Å². The molecule has 0 saturated heterocycles. The molecule has 0 radical (unpaired) electrons. The molecule has 0 heterocycles. The Hall–Kier alpha value is -0.570. The van der Waals surface area contributed by atoms with E-state index in [-0.39, 0.29) is 17.2 Å². The molecular formula is C14H28N2O. The van der Waals surface area contributed by atoms with Crippen LogP contribution in [0.4, 0.5) is 0 Å². The van der Waals surface area contributed by atoms with Crippen LogP contribution in [0.2, 0.25) is 0 Å². The molecule has 1 saturated carbocycles. The minimum absolute atomic E-state index is 0.156. The van der Waals surface area contributed by atoms with Crippen molar-refractivity contribution in [3.63, 3.8) is 0 Å². The van der Waals surface area contributed by atoms with Gasteiger partial charge in [0, 0.05) is 12.5 Å². The molecule has 1 rings (SSSR count). The van der Waals surface area contributed by atoms with E-state index in [2.05, 4.69) is 33.0 Å². The molecule has 1 fully saturated rings. The molecule has 0 aliphatic heterocycles. The molecule has 1 aliphatic rings. The first-order valence-electron chi connectivity index (χ1n) is 6.86. The van der Waals surface area contributed by atoms with Crippen LogP contribution in [-0.2, 0) is 4.79 Å². The van der Waals surface area contributed by atoms with E-state index in [9.17, 15) is 4.79 Å². The van der Waals surface area contributed by atoms with Gasteiger partial charge >= 0.3 is 0 Å². The minimum atomic E-state index is 0.156. The van der Waals surface area contributed by atoms with E-state index in [0.717, 1.165) is 25.8 Å². The molecule has 17 heavy (non-hydrogen) atoms. The summed E-state index contributed by atoms with van der Waals surface area (Å²) in [6, 6.07) is 0. The molecule has 3 N–H and O–H groups in total. The van der Waals surface area contributed by atoms with E-state index in [1.165, 1.54) is 0 Å². The van der Waals surface area contributed by atoms with Crippen molar-refractivity contribution >= 4 is 5.91 Å². The van der Waals surface area contributed by atoms with Gasteiger partial charge in [-0.05, 0) is 36.6 Å². The fourth-order valence-corrected chi connectivity index (χ4v) is 2.31. The first-order chi connectivity index (χ1) is 7.88. The van der Waals surface area contributed by atoms with Gasteiger partial charge in [-0.25, -0.2) is 0 Å². The summed E-state index contributed by atoms with van der Waals surface area (Å²) in [5.41, 5.74) is 5.87. The largest absolute Gasteiger partial charge is 0.355 e. The Kier molecular flexibility index (Phi) is 4.99. The molecule has 100 valence electrons. The van der Waals surface area contributed by atoms with E-state index in [1.54, 1.807) is 0 Å². The number of rotatable bonds is 5. The molecule has 0 aromatic rings. The van der Waals surface area contributed by atoms with Crippen LogP contribution >= 0.6 is 0 Å². The van der Waals surface area contributed by atoms with Crippen molar-refractivity contribution in [1.29, 1.82) is 0 Å². The Morgan fingerprint density at radius 2 is 2.06 bits per heavy atom. The average Bonchev–Trinajstić information content (AvgIpc) is 2.73. The highest BCUT2D eigenvalue weighted by molar-refractivity contribution is 5.79. The highest BCUT2D eigenvalue weighted by atomic mass is 16.1. The fraction of sp³-hybridized carbons (Fsp3) is 0.929. The van der Waals surface area contributed by atoms with Gasteiger partial charge in [0.1, 0.15) is 0 Å². The first kappa shape index (κ1) is 14.5. The molecule has 2 atom stereocenters. The van der Waals surface area contributed by atoms with Crippen LogP contribution in [0, 0.1) is 23.2 Å². The van der Waals surface area contributed by atoms with Gasteiger partial charge in [0.05, 0.1) is 0 Å². The standard InChI is InChI=1S/C14H28N2O/c1-10(2)14(3,4)9-16-13(17)12-7-5-6-11(12)8-15/h10-12H,5-9,15H2,1-4H3,(H,16,17). The van der Waals surface area contributed by atoms with Crippen molar-refractivity contribution in [3.05, 3.63) is 0 Å². The SMILES string of the molecule is CC(C)C(C)(C)CNC(=O)C1CCCC1CN. The zero-order valence-corrected chi connectivity index (χ0v) is 11.8. The summed E-state index contributed by atoms with van der Waals surface area (Å²) >= 11 is 0. The van der Waals surface area contributed by atoms with Gasteiger partial charge in [0.2, 0.25) is 5.91 Å². The van der Waals surface area contributed by atoms with E-state index in [1.807, 2.05) is 0 Å². The van der Waals surface area contributed by atoms with Crippen molar-refractivity contribution in [2.24, 2.45) is 28.9 Å². The van der Waals surface area contributed by atoms with Crippen LogP contribution in [0.15, 0.2) is 0 Å². The second-order valence-electron chi connectivity index (χ2n) is 6.39. The lowest BCUT2D eigenvalue weighted by Gasteiger charge is -2.30. The lowest BCUT2D eigenvalue weighted by Crippen LogP contribution is -2.41. The van der Waals surface area contributed by atoms with Gasteiger partial charge in [-0.3, -0.25) is 4.79 Å². The summed E-state index contributed by atoms with van der Waals surface area (Å²) in [6.07, 6.45) is 3.27. The molecule has 3 nitrogen and oxygen atoms in total. The lowest BCUT2D eigenvalue weighted by atomic mass is 9.81. The number of carbonyl (C=O) groups is 1. The summed E-state index contributed by atoms with van der Waals surface area (Å²) in [5, 5.41) is 3.12. The fourth-order valence-electron chi connectivity index (χ4n) is 2.31. The Morgan fingerprint density at radius 1 is 1.41 bits per heavy atom. The van der Waals surface area contributed by atoms with E-state index in [0.29, 0.717) is 18.4 Å². The van der Waals surface area contributed by atoms with Gasteiger partial charge in [-0.1, -0.05) is 34.1 Å². The Morgan fingerprint density at radius 3 is 2.59 bits per heavy atom. The summed E-state index contributed by atoms with van der Waals surface area (Å²) < 4.78 is 0. The summed E-state index contributed by atoms with van der Waals surface area (Å²) in [4.78, 5) is 12.1. The van der Waals surface area contributed by atoms with Crippen LogP contribution in [0.1, 0.15) is 47.0 Å². The maximum Gasteiger partial charge on any atom is 0.223 e. The van der Waals surface area contributed by atoms with Crippen molar-refractivity contribution in [2.45, 2.75) is 47.0 Å². The second-order valence-corrected chi connectivity index (χ2v) is 6.39. The number of carbonyl (C=O) groups excluding carboxylic acids is 1. The maximum absolute atomic E-state index is 12.1. The number of amides is 1. The Labute approximate surface area is 106 Å². The van der Waals surface area contributed by atoms with E-state index < -0.39 is 0 Å². The normalized spacial score (nSPS) is 25.3. The first-order valence-corrected chi connectivity index (χ1v) is 6.86. The average molecular weight is 240 g/mol. The molecule has 0 aromatic carbocycles. The number of hydrogen-bond acceptors (Lipinski definition) is 2. The predicted molar refractivity (Wildman–Crippen MR) is 71.5 cm³/mol. The van der Waals surface area contributed by atoms with Crippen LogP contribution in [0.5, 0.6) is 0 Å². The Balaban J connectivity index is 2.44. The minimum Gasteiger partial charge on any atom is -0.355 e. The van der Waals surface area contributed by atoms with Crippen LogP contribution in [-0.4, -0.2) is 19.0 Å². The number of hydrogen-bond donors (Lipinski definition) is 2. The molecule has 0 aromatic heterocycles. The third kappa shape index (κ3) is 3.70. The van der Waals surface area contributed by atoms with E-state index >= 15 is 0 Å². The van der Waals surface area contributed by atoms with Crippen molar-refractivity contribution in [1.82, 2.24) is 5.32 Å². The predicted octanol–water partition coefficient (Wildman–Crippen LogP) is 2.16. The van der Waals surface area contributed by atoms with Crippen molar-refractivity contribution in [3.8, 4) is 0 Å². The summed E-state index contributed by atoms with van der Waals surface area (Å²) in [6.45, 7) is 10.2. The number of nitrogens with two attached hydrogens (primary N) is 1. The topological polar surface area (TPSA) is 55.1 Å². The molecular weight excluding hydrogens is 212 g/mol. The maximum atomic E-state index is 12.1. The van der Waals surface area contributed by atoms with Crippen molar-refractivity contribution < 1.29 is 4.79 Å². The molecule has 1 amide bonds. The highest BCUT2D eigenvalue weighted by Gasteiger charge is 2.33. The molecule has 3 heteroatoms. The van der Waals surface area contributed by atoms with Gasteiger partial charge < -0.3 is 11.1 Å². The van der Waals surface area contributed by atoms with Crippen LogP contribution < -0.4 is 11.1 Å². The van der Waals surface area contributed by atoms with Gasteiger partial charge in [-0.15, -0.1) is 0 Å². The third-order valence-corrected chi connectivity index (χ3v) is 4.58. The van der Waals surface area contributed by atoms with Gasteiger partial charge in [-0.2, -0.15) is 0 Å². The smallest absolute Gasteiger partial charge is 0.223 e. The van der Waals surface area contributed by atoms with E-state index in [4.69, 9.17) is 5.73 Å². The molecule has 0 spiro atoms. The number of nitrogens with one attached hydrogen (secondary N) is 1. The van der Waals surface area contributed by atoms with Crippen LogP contribution in [0.3, 0.4) is 0 Å². The summed E-state index contributed by atoms with van der Waals surface area (Å²) in [7, 11) is 0. The Bertz CT molecular complexity index is 261. The van der Waals surface area contributed by atoms with Gasteiger partial charge in [0.25, 0.3) is 0 Å². The zero-order chi connectivity index (χ0) is 13.1. The van der Waals surface area contributed by atoms with Crippen molar-refractivity contribution in [2.75, 3.05) is 13.1 Å². The van der Waals surface area contributed by atoms with Gasteiger partial charge in [0.15, 0.2) is 0 Å². The lowest BCUT2D eigenvalue weighted by molar-refractivity contribution is -0.126. The molecule has 0 bridgehead atoms. The highest BCUT2D eigenvalue weighted by Crippen LogP contribution is 2.31. The third-order valence-electron chi connectivity index (χ3n) is 4.58. The molecule has 2 unspecified atom stereocenters. The quantitative estimate of drug-likeness (QED) is 0.773. The zero-order valence-electron chi connectivity index (χ0n) is 11.8. The molecule has 1 aliphatic carbocycles.